The van der Waals surface area contributed by atoms with Gasteiger partial charge in [0.15, 0.2) is 0 Å². The van der Waals surface area contributed by atoms with E-state index in [1.165, 1.54) is 71.2 Å². The van der Waals surface area contributed by atoms with E-state index in [1.54, 1.807) is 0 Å². The van der Waals surface area contributed by atoms with Crippen molar-refractivity contribution in [2.75, 3.05) is 32.7 Å². The van der Waals surface area contributed by atoms with Gasteiger partial charge in [0.05, 0.1) is 0 Å². The number of nitrogens with one attached hydrogen (secondary N) is 1. The average Bonchev–Trinajstić information content (AvgIpc) is 2.81. The summed E-state index contributed by atoms with van der Waals surface area (Å²) in [5.41, 5.74) is 0. The highest BCUT2D eigenvalue weighted by molar-refractivity contribution is 4.69. The van der Waals surface area contributed by atoms with E-state index in [2.05, 4.69) is 24.1 Å². The molecule has 0 spiro atoms. The SMILES string of the molecule is CCN(CC)CCCCNCC1CCCC1. The molecule has 0 saturated heterocycles. The Labute approximate surface area is 102 Å². The Balaban J connectivity index is 1.84. The molecule has 1 aliphatic carbocycles. The van der Waals surface area contributed by atoms with Crippen molar-refractivity contribution in [2.24, 2.45) is 5.92 Å². The number of hydrogen-bond acceptors (Lipinski definition) is 2. The lowest BCUT2D eigenvalue weighted by Gasteiger charge is -2.17. The number of rotatable bonds is 9. The first-order chi connectivity index (χ1) is 7.86. The van der Waals surface area contributed by atoms with E-state index in [9.17, 15) is 0 Å². The Morgan fingerprint density at radius 2 is 1.75 bits per heavy atom. The highest BCUT2D eigenvalue weighted by Gasteiger charge is 2.13. The van der Waals surface area contributed by atoms with Crippen molar-refractivity contribution < 1.29 is 0 Å². The maximum Gasteiger partial charge on any atom is -0.00185 e. The third-order valence-corrected chi connectivity index (χ3v) is 3.88. The third kappa shape index (κ3) is 5.86. The summed E-state index contributed by atoms with van der Waals surface area (Å²) in [4.78, 5) is 2.51. The van der Waals surface area contributed by atoms with Crippen LogP contribution in [0.2, 0.25) is 0 Å². The molecule has 1 saturated carbocycles. The first kappa shape index (κ1) is 14.0. The first-order valence-electron chi connectivity index (χ1n) is 7.29. The standard InChI is InChI=1S/C14H30N2/c1-3-16(4-2)12-8-7-11-15-13-14-9-5-6-10-14/h14-15H,3-13H2,1-2H3. The summed E-state index contributed by atoms with van der Waals surface area (Å²) >= 11 is 0. The van der Waals surface area contributed by atoms with Gasteiger partial charge in [-0.15, -0.1) is 0 Å². The molecule has 0 aromatic carbocycles. The zero-order chi connectivity index (χ0) is 11.6. The minimum atomic E-state index is 0.989. The van der Waals surface area contributed by atoms with Crippen molar-refractivity contribution in [3.05, 3.63) is 0 Å². The maximum atomic E-state index is 3.62. The van der Waals surface area contributed by atoms with E-state index >= 15 is 0 Å². The lowest BCUT2D eigenvalue weighted by molar-refractivity contribution is 0.295. The van der Waals surface area contributed by atoms with E-state index in [-0.39, 0.29) is 0 Å². The first-order valence-corrected chi connectivity index (χ1v) is 7.29. The molecule has 0 heterocycles. The van der Waals surface area contributed by atoms with Gasteiger partial charge in [-0.25, -0.2) is 0 Å². The molecule has 1 N–H and O–H groups in total. The normalized spacial score (nSPS) is 17.4. The van der Waals surface area contributed by atoms with E-state index in [0.29, 0.717) is 0 Å². The Kier molecular flexibility index (Phi) is 7.87. The summed E-state index contributed by atoms with van der Waals surface area (Å²) in [6.07, 6.45) is 8.55. The molecule has 0 amide bonds. The van der Waals surface area contributed by atoms with Crippen LogP contribution >= 0.6 is 0 Å². The van der Waals surface area contributed by atoms with E-state index in [1.807, 2.05) is 0 Å². The number of nitrogens with zero attached hydrogens (tertiary/aromatic N) is 1. The van der Waals surface area contributed by atoms with Gasteiger partial charge in [-0.2, -0.15) is 0 Å². The molecule has 0 aliphatic heterocycles. The predicted molar refractivity (Wildman–Crippen MR) is 71.8 cm³/mol. The number of hydrogen-bond donors (Lipinski definition) is 1. The zero-order valence-corrected chi connectivity index (χ0v) is 11.3. The van der Waals surface area contributed by atoms with Crippen LogP contribution in [-0.4, -0.2) is 37.6 Å². The third-order valence-electron chi connectivity index (χ3n) is 3.88. The van der Waals surface area contributed by atoms with Gasteiger partial charge < -0.3 is 10.2 Å². The molecule has 0 aromatic heterocycles. The molecule has 1 aliphatic rings. The minimum absolute atomic E-state index is 0.989. The maximum absolute atomic E-state index is 3.62. The van der Waals surface area contributed by atoms with Crippen LogP contribution < -0.4 is 5.32 Å². The molecule has 2 nitrogen and oxygen atoms in total. The monoisotopic (exact) mass is 226 g/mol. The van der Waals surface area contributed by atoms with Crippen LogP contribution in [0.3, 0.4) is 0 Å². The second-order valence-electron chi connectivity index (χ2n) is 5.09. The molecule has 1 fully saturated rings. The smallest absolute Gasteiger partial charge is 0.00185 e. The van der Waals surface area contributed by atoms with Crippen molar-refractivity contribution in [3.8, 4) is 0 Å². The van der Waals surface area contributed by atoms with Gasteiger partial charge in [-0.1, -0.05) is 26.7 Å². The fourth-order valence-corrected chi connectivity index (χ4v) is 2.65. The summed E-state index contributed by atoms with van der Waals surface area (Å²) < 4.78 is 0. The van der Waals surface area contributed by atoms with Crippen LogP contribution in [0, 0.1) is 5.92 Å². The molecular formula is C14H30N2. The van der Waals surface area contributed by atoms with E-state index < -0.39 is 0 Å². The lowest BCUT2D eigenvalue weighted by atomic mass is 10.1. The molecule has 96 valence electrons. The molecule has 1 rings (SSSR count). The van der Waals surface area contributed by atoms with Gasteiger partial charge in [0.2, 0.25) is 0 Å². The summed E-state index contributed by atoms with van der Waals surface area (Å²) in [5, 5.41) is 3.62. The second kappa shape index (κ2) is 9.00. The largest absolute Gasteiger partial charge is 0.316 e. The Morgan fingerprint density at radius 3 is 2.38 bits per heavy atom. The molecule has 0 unspecified atom stereocenters. The summed E-state index contributed by atoms with van der Waals surface area (Å²) in [6, 6.07) is 0. The minimum Gasteiger partial charge on any atom is -0.316 e. The van der Waals surface area contributed by atoms with E-state index in [0.717, 1.165) is 5.92 Å². The van der Waals surface area contributed by atoms with Crippen molar-refractivity contribution in [1.82, 2.24) is 10.2 Å². The zero-order valence-electron chi connectivity index (χ0n) is 11.3. The van der Waals surface area contributed by atoms with Crippen molar-refractivity contribution in [2.45, 2.75) is 52.4 Å². The van der Waals surface area contributed by atoms with Crippen molar-refractivity contribution >= 4 is 0 Å². The van der Waals surface area contributed by atoms with E-state index in [4.69, 9.17) is 0 Å². The molecule has 0 radical (unpaired) electrons. The molecule has 2 heteroatoms. The quantitative estimate of drug-likeness (QED) is 0.608. The Morgan fingerprint density at radius 1 is 1.06 bits per heavy atom. The van der Waals surface area contributed by atoms with Crippen LogP contribution in [0.5, 0.6) is 0 Å². The van der Waals surface area contributed by atoms with Crippen LogP contribution in [0.25, 0.3) is 0 Å². The highest BCUT2D eigenvalue weighted by Crippen LogP contribution is 2.23. The molecule has 0 bridgehead atoms. The second-order valence-corrected chi connectivity index (χ2v) is 5.09. The van der Waals surface area contributed by atoms with Gasteiger partial charge in [-0.05, 0) is 64.3 Å². The molecule has 0 aromatic rings. The number of unbranched alkanes of at least 4 members (excludes halogenated alkanes) is 1. The topological polar surface area (TPSA) is 15.3 Å². The average molecular weight is 226 g/mol. The predicted octanol–water partition coefficient (Wildman–Crippen LogP) is 2.89. The van der Waals surface area contributed by atoms with Crippen LogP contribution in [-0.2, 0) is 0 Å². The summed E-state index contributed by atoms with van der Waals surface area (Å²) in [6.45, 7) is 10.7. The van der Waals surface area contributed by atoms with Gasteiger partial charge in [0, 0.05) is 0 Å². The fraction of sp³-hybridized carbons (Fsp3) is 1.00. The van der Waals surface area contributed by atoms with Crippen LogP contribution in [0.1, 0.15) is 52.4 Å². The summed E-state index contributed by atoms with van der Waals surface area (Å²) in [5.74, 6) is 0.989. The summed E-state index contributed by atoms with van der Waals surface area (Å²) in [7, 11) is 0. The van der Waals surface area contributed by atoms with Gasteiger partial charge >= 0.3 is 0 Å². The van der Waals surface area contributed by atoms with Crippen LogP contribution in [0.4, 0.5) is 0 Å². The van der Waals surface area contributed by atoms with Crippen molar-refractivity contribution in [3.63, 3.8) is 0 Å². The fourth-order valence-electron chi connectivity index (χ4n) is 2.65. The lowest BCUT2D eigenvalue weighted by Crippen LogP contribution is -2.26. The van der Waals surface area contributed by atoms with Gasteiger partial charge in [0.25, 0.3) is 0 Å². The van der Waals surface area contributed by atoms with Crippen LogP contribution in [0.15, 0.2) is 0 Å². The molecule has 16 heavy (non-hydrogen) atoms. The Hall–Kier alpha value is -0.0800. The molecule has 0 atom stereocenters. The van der Waals surface area contributed by atoms with Gasteiger partial charge in [-0.3, -0.25) is 0 Å². The highest BCUT2D eigenvalue weighted by atomic mass is 15.1. The Bertz CT molecular complexity index is 143. The van der Waals surface area contributed by atoms with Gasteiger partial charge in [0.1, 0.15) is 0 Å². The molecular weight excluding hydrogens is 196 g/mol. The van der Waals surface area contributed by atoms with Crippen molar-refractivity contribution in [1.29, 1.82) is 0 Å².